The molecule has 0 aromatic rings. The summed E-state index contributed by atoms with van der Waals surface area (Å²) in [5.74, 6) is 0.272. The predicted molar refractivity (Wildman–Crippen MR) is 78.4 cm³/mol. The number of carbonyl (C=O) groups excluding carboxylic acids is 3. The molecule has 0 aliphatic carbocycles. The number of likely N-dealkylation sites (tertiary alicyclic amines) is 1. The number of amides is 2. The van der Waals surface area contributed by atoms with E-state index < -0.39 is 12.0 Å². The summed E-state index contributed by atoms with van der Waals surface area (Å²) in [4.78, 5) is 36.7. The molecule has 0 aromatic carbocycles. The van der Waals surface area contributed by atoms with E-state index in [0.29, 0.717) is 24.8 Å². The Morgan fingerprint density at radius 3 is 2.57 bits per heavy atom. The first-order chi connectivity index (χ1) is 9.85. The van der Waals surface area contributed by atoms with E-state index in [0.717, 1.165) is 12.8 Å². The first-order valence-electron chi connectivity index (χ1n) is 7.47. The molecule has 1 fully saturated rings. The molecule has 1 saturated heterocycles. The van der Waals surface area contributed by atoms with Crippen LogP contribution in [0.25, 0.3) is 0 Å². The van der Waals surface area contributed by atoms with Crippen LogP contribution < -0.4 is 5.32 Å². The van der Waals surface area contributed by atoms with Crippen LogP contribution in [-0.2, 0) is 19.1 Å². The van der Waals surface area contributed by atoms with Crippen molar-refractivity contribution in [3.8, 4) is 0 Å². The molecule has 6 nitrogen and oxygen atoms in total. The molecule has 1 aliphatic heterocycles. The van der Waals surface area contributed by atoms with Gasteiger partial charge in [-0.15, -0.1) is 0 Å². The standard InChI is InChI=1S/C15H26N2O4/c1-10(2)12-5-6-14(19)17(8-7-12)9-13(15(20)21-4)16-11(3)18/h10,12-13H,5-9H2,1-4H3,(H,16,18). The van der Waals surface area contributed by atoms with Crippen molar-refractivity contribution in [2.75, 3.05) is 20.2 Å². The molecule has 1 aliphatic rings. The molecule has 21 heavy (non-hydrogen) atoms. The number of esters is 1. The first-order valence-corrected chi connectivity index (χ1v) is 7.47. The van der Waals surface area contributed by atoms with Crippen molar-refractivity contribution in [1.82, 2.24) is 10.2 Å². The van der Waals surface area contributed by atoms with Crippen LogP contribution in [0.1, 0.15) is 40.0 Å². The molecule has 1 rings (SSSR count). The van der Waals surface area contributed by atoms with Crippen LogP contribution in [0.2, 0.25) is 0 Å². The van der Waals surface area contributed by atoms with Gasteiger partial charge in [-0.1, -0.05) is 13.8 Å². The summed E-state index contributed by atoms with van der Waals surface area (Å²) < 4.78 is 4.69. The maximum atomic E-state index is 12.2. The van der Waals surface area contributed by atoms with Gasteiger partial charge in [0.05, 0.1) is 13.7 Å². The summed E-state index contributed by atoms with van der Waals surface area (Å²) in [5, 5.41) is 2.55. The van der Waals surface area contributed by atoms with Crippen molar-refractivity contribution >= 4 is 17.8 Å². The van der Waals surface area contributed by atoms with Crippen LogP contribution >= 0.6 is 0 Å². The molecule has 2 atom stereocenters. The van der Waals surface area contributed by atoms with Gasteiger partial charge in [0.2, 0.25) is 11.8 Å². The van der Waals surface area contributed by atoms with Crippen molar-refractivity contribution < 1.29 is 19.1 Å². The number of hydrogen-bond acceptors (Lipinski definition) is 4. The fraction of sp³-hybridized carbons (Fsp3) is 0.800. The minimum absolute atomic E-state index is 0.0393. The Kier molecular flexibility index (Phi) is 6.65. The predicted octanol–water partition coefficient (Wildman–Crippen LogP) is 0.949. The smallest absolute Gasteiger partial charge is 0.330 e. The van der Waals surface area contributed by atoms with Gasteiger partial charge in [-0.25, -0.2) is 4.79 Å². The fourth-order valence-electron chi connectivity index (χ4n) is 2.70. The quantitative estimate of drug-likeness (QED) is 0.767. The molecule has 0 saturated carbocycles. The van der Waals surface area contributed by atoms with E-state index in [4.69, 9.17) is 0 Å². The van der Waals surface area contributed by atoms with Crippen LogP contribution in [0.5, 0.6) is 0 Å². The molecule has 2 unspecified atom stereocenters. The SMILES string of the molecule is COC(=O)C(CN1CCC(C(C)C)CCC1=O)NC(C)=O. The third kappa shape index (κ3) is 5.36. The third-order valence-corrected chi connectivity index (χ3v) is 4.06. The zero-order chi connectivity index (χ0) is 16.0. The molecule has 2 amide bonds. The number of nitrogens with one attached hydrogen (secondary N) is 1. The lowest BCUT2D eigenvalue weighted by atomic mass is 9.89. The molecule has 0 spiro atoms. The lowest BCUT2D eigenvalue weighted by molar-refractivity contribution is -0.146. The minimum Gasteiger partial charge on any atom is -0.467 e. The Morgan fingerprint density at radius 2 is 2.05 bits per heavy atom. The van der Waals surface area contributed by atoms with Crippen molar-refractivity contribution in [1.29, 1.82) is 0 Å². The van der Waals surface area contributed by atoms with Crippen molar-refractivity contribution in [3.05, 3.63) is 0 Å². The summed E-state index contributed by atoms with van der Waals surface area (Å²) in [5.41, 5.74) is 0. The van der Waals surface area contributed by atoms with Crippen LogP contribution in [0.4, 0.5) is 0 Å². The second-order valence-corrected chi connectivity index (χ2v) is 5.95. The summed E-state index contributed by atoms with van der Waals surface area (Å²) in [7, 11) is 1.27. The highest BCUT2D eigenvalue weighted by molar-refractivity contribution is 5.84. The molecule has 6 heteroatoms. The zero-order valence-electron chi connectivity index (χ0n) is 13.3. The van der Waals surface area contributed by atoms with Crippen molar-refractivity contribution in [2.24, 2.45) is 11.8 Å². The van der Waals surface area contributed by atoms with Gasteiger partial charge in [0.25, 0.3) is 0 Å². The summed E-state index contributed by atoms with van der Waals surface area (Å²) in [6.45, 7) is 6.47. The topological polar surface area (TPSA) is 75.7 Å². The number of methoxy groups -OCH3 is 1. The van der Waals surface area contributed by atoms with E-state index in [2.05, 4.69) is 23.9 Å². The number of nitrogens with zero attached hydrogens (tertiary/aromatic N) is 1. The van der Waals surface area contributed by atoms with E-state index in [1.54, 1.807) is 4.90 Å². The summed E-state index contributed by atoms with van der Waals surface area (Å²) in [6, 6.07) is -0.799. The number of hydrogen-bond donors (Lipinski definition) is 1. The molecular weight excluding hydrogens is 272 g/mol. The van der Waals surface area contributed by atoms with E-state index in [1.165, 1.54) is 14.0 Å². The van der Waals surface area contributed by atoms with Gasteiger partial charge in [-0.2, -0.15) is 0 Å². The highest BCUT2D eigenvalue weighted by Crippen LogP contribution is 2.25. The van der Waals surface area contributed by atoms with Gasteiger partial charge < -0.3 is 15.0 Å². The lowest BCUT2D eigenvalue weighted by Crippen LogP contribution is -2.49. The molecule has 0 aromatic heterocycles. The third-order valence-electron chi connectivity index (χ3n) is 4.06. The summed E-state index contributed by atoms with van der Waals surface area (Å²) in [6.07, 6.45) is 2.31. The molecule has 120 valence electrons. The van der Waals surface area contributed by atoms with Gasteiger partial charge in [0.1, 0.15) is 6.04 Å². The van der Waals surface area contributed by atoms with Crippen LogP contribution in [0, 0.1) is 11.8 Å². The number of carbonyl (C=O) groups is 3. The van der Waals surface area contributed by atoms with Crippen LogP contribution in [-0.4, -0.2) is 48.9 Å². The molecular formula is C15H26N2O4. The fourth-order valence-corrected chi connectivity index (χ4v) is 2.70. The van der Waals surface area contributed by atoms with E-state index >= 15 is 0 Å². The Hall–Kier alpha value is -1.59. The van der Waals surface area contributed by atoms with Crippen molar-refractivity contribution in [2.45, 2.75) is 46.1 Å². The van der Waals surface area contributed by atoms with Crippen LogP contribution in [0.3, 0.4) is 0 Å². The van der Waals surface area contributed by atoms with E-state index in [-0.39, 0.29) is 18.4 Å². The molecule has 1 N–H and O–H groups in total. The maximum Gasteiger partial charge on any atom is 0.330 e. The van der Waals surface area contributed by atoms with Gasteiger partial charge in [-0.05, 0) is 24.7 Å². The molecule has 0 bridgehead atoms. The minimum atomic E-state index is -0.799. The Labute approximate surface area is 126 Å². The molecule has 0 radical (unpaired) electrons. The second-order valence-electron chi connectivity index (χ2n) is 5.95. The lowest BCUT2D eigenvalue weighted by Gasteiger charge is -2.26. The molecule has 1 heterocycles. The van der Waals surface area contributed by atoms with E-state index in [1.807, 2.05) is 0 Å². The van der Waals surface area contributed by atoms with Crippen LogP contribution in [0.15, 0.2) is 0 Å². The summed E-state index contributed by atoms with van der Waals surface area (Å²) >= 11 is 0. The van der Waals surface area contributed by atoms with Gasteiger partial charge in [-0.3, -0.25) is 9.59 Å². The monoisotopic (exact) mass is 298 g/mol. The number of ether oxygens (including phenoxy) is 1. The van der Waals surface area contributed by atoms with Gasteiger partial charge >= 0.3 is 5.97 Å². The van der Waals surface area contributed by atoms with Gasteiger partial charge in [0, 0.05) is 19.9 Å². The zero-order valence-corrected chi connectivity index (χ0v) is 13.3. The number of rotatable bonds is 5. The Bertz CT molecular complexity index is 395. The van der Waals surface area contributed by atoms with E-state index in [9.17, 15) is 14.4 Å². The average Bonchev–Trinajstić information content (AvgIpc) is 2.59. The maximum absolute atomic E-state index is 12.2. The van der Waals surface area contributed by atoms with Crippen molar-refractivity contribution in [3.63, 3.8) is 0 Å². The average molecular weight is 298 g/mol. The first kappa shape index (κ1) is 17.5. The highest BCUT2D eigenvalue weighted by Gasteiger charge is 2.29. The van der Waals surface area contributed by atoms with Gasteiger partial charge in [0.15, 0.2) is 0 Å². The Morgan fingerprint density at radius 1 is 1.38 bits per heavy atom. The highest BCUT2D eigenvalue weighted by atomic mass is 16.5. The second kappa shape index (κ2) is 8.00. The largest absolute Gasteiger partial charge is 0.467 e. The Balaban J connectivity index is 2.70. The normalized spacial score (nSPS) is 20.9.